The molecule has 0 unspecified atom stereocenters. The molecule has 3 nitrogen and oxygen atoms in total. The van der Waals surface area contributed by atoms with Crippen molar-refractivity contribution in [2.45, 2.75) is 18.3 Å². The predicted octanol–water partition coefficient (Wildman–Crippen LogP) is 2.75. The van der Waals surface area contributed by atoms with E-state index in [1.165, 1.54) is 0 Å². The Balaban J connectivity index is 1.92. The molecule has 4 heteroatoms. The minimum absolute atomic E-state index is 0.106. The molecule has 1 aliphatic carbocycles. The Morgan fingerprint density at radius 2 is 2.00 bits per heavy atom. The van der Waals surface area contributed by atoms with Crippen LogP contribution in [0.25, 0.3) is 11.3 Å². The number of aromatic amines is 1. The van der Waals surface area contributed by atoms with Crippen LogP contribution < -0.4 is 0 Å². The largest absolute Gasteiger partial charge is 0.395 e. The van der Waals surface area contributed by atoms with Crippen molar-refractivity contribution in [3.8, 4) is 11.3 Å². The molecule has 1 aromatic heterocycles. The normalized spacial score (nSPS) is 17.1. The zero-order valence-corrected chi connectivity index (χ0v) is 10.0. The molecule has 0 bridgehead atoms. The summed E-state index contributed by atoms with van der Waals surface area (Å²) in [7, 11) is 0. The number of aliphatic hydroxyl groups excluding tert-OH is 1. The topological polar surface area (TPSA) is 48.9 Å². The van der Waals surface area contributed by atoms with Gasteiger partial charge in [-0.3, -0.25) is 0 Å². The van der Waals surface area contributed by atoms with Crippen molar-refractivity contribution in [3.05, 3.63) is 41.3 Å². The van der Waals surface area contributed by atoms with E-state index in [1.54, 1.807) is 0 Å². The van der Waals surface area contributed by atoms with Crippen LogP contribution in [-0.4, -0.2) is 21.7 Å². The fraction of sp³-hybridized carbons (Fsp3) is 0.308. The maximum atomic E-state index is 9.35. The van der Waals surface area contributed by atoms with E-state index in [-0.39, 0.29) is 12.0 Å². The van der Waals surface area contributed by atoms with Gasteiger partial charge in [-0.05, 0) is 30.5 Å². The molecule has 0 spiro atoms. The number of benzene rings is 1. The summed E-state index contributed by atoms with van der Waals surface area (Å²) in [6.45, 7) is 0.167. The highest BCUT2D eigenvalue weighted by Gasteiger charge is 2.46. The molecular weight excluding hydrogens is 236 g/mol. The first-order valence-corrected chi connectivity index (χ1v) is 6.04. The number of nitrogens with zero attached hydrogens (tertiary/aromatic N) is 1. The molecule has 17 heavy (non-hydrogen) atoms. The number of hydrogen-bond donors (Lipinski definition) is 2. The van der Waals surface area contributed by atoms with E-state index in [1.807, 2.05) is 30.5 Å². The number of imidazole rings is 1. The first kappa shape index (κ1) is 10.8. The number of rotatable bonds is 3. The molecule has 88 valence electrons. The smallest absolute Gasteiger partial charge is 0.115 e. The van der Waals surface area contributed by atoms with Gasteiger partial charge in [0.2, 0.25) is 0 Å². The molecule has 3 rings (SSSR count). The fourth-order valence-corrected chi connectivity index (χ4v) is 2.11. The lowest BCUT2D eigenvalue weighted by Crippen LogP contribution is -2.13. The molecule has 0 aliphatic heterocycles. The van der Waals surface area contributed by atoms with E-state index >= 15 is 0 Å². The summed E-state index contributed by atoms with van der Waals surface area (Å²) >= 11 is 5.85. The molecule has 1 saturated carbocycles. The molecule has 0 atom stereocenters. The van der Waals surface area contributed by atoms with Gasteiger partial charge < -0.3 is 10.1 Å². The van der Waals surface area contributed by atoms with Crippen LogP contribution in [0.5, 0.6) is 0 Å². The third kappa shape index (κ3) is 1.85. The highest BCUT2D eigenvalue weighted by atomic mass is 35.5. The number of hydrogen-bond acceptors (Lipinski definition) is 2. The summed E-state index contributed by atoms with van der Waals surface area (Å²) in [4.78, 5) is 7.66. The van der Waals surface area contributed by atoms with Gasteiger partial charge in [-0.25, -0.2) is 4.98 Å². The van der Waals surface area contributed by atoms with E-state index in [0.717, 1.165) is 34.9 Å². The molecule has 1 fully saturated rings. The first-order chi connectivity index (χ1) is 8.23. The van der Waals surface area contributed by atoms with Crippen LogP contribution in [0.4, 0.5) is 0 Å². The molecule has 0 amide bonds. The van der Waals surface area contributed by atoms with Crippen LogP contribution >= 0.6 is 11.6 Å². The van der Waals surface area contributed by atoms with Gasteiger partial charge in [0.25, 0.3) is 0 Å². The minimum atomic E-state index is -0.106. The van der Waals surface area contributed by atoms with Crippen LogP contribution in [0.3, 0.4) is 0 Å². The fourth-order valence-electron chi connectivity index (χ4n) is 1.99. The van der Waals surface area contributed by atoms with Crippen LogP contribution in [0, 0.1) is 0 Å². The van der Waals surface area contributed by atoms with Crippen LogP contribution in [0.15, 0.2) is 30.5 Å². The van der Waals surface area contributed by atoms with Gasteiger partial charge in [-0.1, -0.05) is 23.7 Å². The maximum absolute atomic E-state index is 9.35. The van der Waals surface area contributed by atoms with Gasteiger partial charge in [0.05, 0.1) is 23.9 Å². The van der Waals surface area contributed by atoms with Crippen molar-refractivity contribution in [2.75, 3.05) is 6.61 Å². The molecule has 1 aliphatic rings. The molecule has 1 heterocycles. The minimum Gasteiger partial charge on any atom is -0.395 e. The van der Waals surface area contributed by atoms with Crippen molar-refractivity contribution >= 4 is 11.6 Å². The van der Waals surface area contributed by atoms with Gasteiger partial charge in [0.1, 0.15) is 5.82 Å². The van der Waals surface area contributed by atoms with Crippen molar-refractivity contribution in [2.24, 2.45) is 0 Å². The van der Waals surface area contributed by atoms with Gasteiger partial charge in [-0.15, -0.1) is 0 Å². The highest BCUT2D eigenvalue weighted by Crippen LogP contribution is 2.46. The highest BCUT2D eigenvalue weighted by molar-refractivity contribution is 6.30. The Morgan fingerprint density at radius 3 is 2.59 bits per heavy atom. The summed E-state index contributed by atoms with van der Waals surface area (Å²) in [5.74, 6) is 0.893. The van der Waals surface area contributed by atoms with E-state index in [0.29, 0.717) is 0 Å². The zero-order valence-electron chi connectivity index (χ0n) is 9.28. The van der Waals surface area contributed by atoms with Gasteiger partial charge >= 0.3 is 0 Å². The first-order valence-electron chi connectivity index (χ1n) is 5.66. The molecule has 1 aromatic carbocycles. The summed E-state index contributed by atoms with van der Waals surface area (Å²) in [5, 5.41) is 10.1. The second kappa shape index (κ2) is 3.86. The molecule has 0 radical (unpaired) electrons. The van der Waals surface area contributed by atoms with E-state index < -0.39 is 0 Å². The van der Waals surface area contributed by atoms with Crippen molar-refractivity contribution < 1.29 is 5.11 Å². The Labute approximate surface area is 104 Å². The van der Waals surface area contributed by atoms with Crippen molar-refractivity contribution in [3.63, 3.8) is 0 Å². The number of halogens is 1. The summed E-state index contributed by atoms with van der Waals surface area (Å²) in [6.07, 6.45) is 3.84. The second-order valence-electron chi connectivity index (χ2n) is 4.59. The molecular formula is C13H13ClN2O. The predicted molar refractivity (Wildman–Crippen MR) is 67.0 cm³/mol. The van der Waals surface area contributed by atoms with Gasteiger partial charge in [0.15, 0.2) is 0 Å². The summed E-state index contributed by atoms with van der Waals surface area (Å²) < 4.78 is 0. The summed E-state index contributed by atoms with van der Waals surface area (Å²) in [5.41, 5.74) is 1.92. The lowest BCUT2D eigenvalue weighted by Gasteiger charge is -2.06. The maximum Gasteiger partial charge on any atom is 0.115 e. The standard InChI is InChI=1S/C13H13ClN2O/c14-10-3-1-9(2-4-10)11-7-15-12(16-11)13(8-17)5-6-13/h1-4,7,17H,5-6,8H2,(H,15,16). The van der Waals surface area contributed by atoms with Gasteiger partial charge in [-0.2, -0.15) is 0 Å². The number of aromatic nitrogens is 2. The van der Waals surface area contributed by atoms with Gasteiger partial charge in [0, 0.05) is 5.02 Å². The molecule has 2 aromatic rings. The number of H-pyrrole nitrogens is 1. The number of nitrogens with one attached hydrogen (secondary N) is 1. The Hall–Kier alpha value is -1.32. The lowest BCUT2D eigenvalue weighted by molar-refractivity contribution is 0.250. The van der Waals surface area contributed by atoms with Crippen LogP contribution in [-0.2, 0) is 5.41 Å². The van der Waals surface area contributed by atoms with Crippen molar-refractivity contribution in [1.82, 2.24) is 9.97 Å². The monoisotopic (exact) mass is 248 g/mol. The average molecular weight is 249 g/mol. The SMILES string of the molecule is OCC1(c2ncc(-c3ccc(Cl)cc3)[nH]2)CC1. The van der Waals surface area contributed by atoms with E-state index in [2.05, 4.69) is 9.97 Å². The van der Waals surface area contributed by atoms with Crippen LogP contribution in [0.1, 0.15) is 18.7 Å². The zero-order chi connectivity index (χ0) is 11.9. The third-order valence-electron chi connectivity index (χ3n) is 3.39. The number of aliphatic hydroxyl groups is 1. The Bertz CT molecular complexity index is 529. The molecule has 0 saturated heterocycles. The lowest BCUT2D eigenvalue weighted by atomic mass is 10.1. The van der Waals surface area contributed by atoms with E-state index in [9.17, 15) is 5.11 Å². The second-order valence-corrected chi connectivity index (χ2v) is 5.03. The van der Waals surface area contributed by atoms with Crippen molar-refractivity contribution in [1.29, 1.82) is 0 Å². The van der Waals surface area contributed by atoms with E-state index in [4.69, 9.17) is 11.6 Å². The summed E-state index contributed by atoms with van der Waals surface area (Å²) in [6, 6.07) is 7.63. The quantitative estimate of drug-likeness (QED) is 0.878. The Morgan fingerprint density at radius 1 is 1.29 bits per heavy atom. The Kier molecular flexibility index (Phi) is 2.45. The van der Waals surface area contributed by atoms with Crippen LogP contribution in [0.2, 0.25) is 5.02 Å². The molecule has 2 N–H and O–H groups in total. The third-order valence-corrected chi connectivity index (χ3v) is 3.64. The average Bonchev–Trinajstić information content (AvgIpc) is 3.00.